The van der Waals surface area contributed by atoms with Crippen molar-refractivity contribution in [2.24, 2.45) is 5.92 Å². The number of ether oxygens (including phenoxy) is 2. The quantitative estimate of drug-likeness (QED) is 0.782. The standard InChI is InChI=1S/C15H21NO3/c1-11(2)19-15(17)12-8-9-16(10-12)13-4-6-14(18-3)7-5-13/h4-7,11-12H,8-10H2,1-3H3. The molecule has 0 aliphatic carbocycles. The second-order valence-corrected chi connectivity index (χ2v) is 5.12. The van der Waals surface area contributed by atoms with Gasteiger partial charge < -0.3 is 14.4 Å². The van der Waals surface area contributed by atoms with Gasteiger partial charge in [-0.1, -0.05) is 0 Å². The number of rotatable bonds is 4. The van der Waals surface area contributed by atoms with Gasteiger partial charge in [0.25, 0.3) is 0 Å². The molecule has 1 atom stereocenters. The average Bonchev–Trinajstić information content (AvgIpc) is 2.88. The van der Waals surface area contributed by atoms with Gasteiger partial charge in [-0.15, -0.1) is 0 Å². The minimum absolute atomic E-state index is 0.00972. The number of anilines is 1. The van der Waals surface area contributed by atoms with E-state index in [1.54, 1.807) is 7.11 Å². The molecular weight excluding hydrogens is 242 g/mol. The first-order valence-electron chi connectivity index (χ1n) is 6.69. The molecule has 19 heavy (non-hydrogen) atoms. The Bertz CT molecular complexity index is 428. The molecule has 1 aliphatic heterocycles. The Labute approximate surface area is 114 Å². The lowest BCUT2D eigenvalue weighted by molar-refractivity contribution is -0.151. The third kappa shape index (κ3) is 3.40. The van der Waals surface area contributed by atoms with Crippen LogP contribution >= 0.6 is 0 Å². The SMILES string of the molecule is COc1ccc(N2CCC(C(=O)OC(C)C)C2)cc1. The van der Waals surface area contributed by atoms with Gasteiger partial charge in [0.1, 0.15) is 5.75 Å². The molecule has 0 N–H and O–H groups in total. The van der Waals surface area contributed by atoms with E-state index < -0.39 is 0 Å². The molecule has 1 aliphatic rings. The molecule has 2 rings (SSSR count). The van der Waals surface area contributed by atoms with E-state index in [9.17, 15) is 4.79 Å². The molecule has 1 unspecified atom stereocenters. The number of carbonyl (C=O) groups is 1. The molecule has 104 valence electrons. The van der Waals surface area contributed by atoms with E-state index in [0.717, 1.165) is 30.9 Å². The number of methoxy groups -OCH3 is 1. The van der Waals surface area contributed by atoms with E-state index in [-0.39, 0.29) is 18.0 Å². The summed E-state index contributed by atoms with van der Waals surface area (Å²) < 4.78 is 10.4. The molecule has 0 amide bonds. The van der Waals surface area contributed by atoms with Crippen molar-refractivity contribution in [3.05, 3.63) is 24.3 Å². The fraction of sp³-hybridized carbons (Fsp3) is 0.533. The molecule has 0 aromatic heterocycles. The highest BCUT2D eigenvalue weighted by atomic mass is 16.5. The Balaban J connectivity index is 1.95. The second kappa shape index (κ2) is 5.95. The highest BCUT2D eigenvalue weighted by Crippen LogP contribution is 2.26. The van der Waals surface area contributed by atoms with Gasteiger partial charge in [-0.2, -0.15) is 0 Å². The smallest absolute Gasteiger partial charge is 0.311 e. The van der Waals surface area contributed by atoms with E-state index in [4.69, 9.17) is 9.47 Å². The Kier molecular flexibility index (Phi) is 4.30. The summed E-state index contributed by atoms with van der Waals surface area (Å²) >= 11 is 0. The number of nitrogens with zero attached hydrogens (tertiary/aromatic N) is 1. The number of hydrogen-bond acceptors (Lipinski definition) is 4. The molecule has 1 aromatic carbocycles. The summed E-state index contributed by atoms with van der Waals surface area (Å²) in [6, 6.07) is 7.92. The number of hydrogen-bond donors (Lipinski definition) is 0. The largest absolute Gasteiger partial charge is 0.497 e. The monoisotopic (exact) mass is 263 g/mol. The Morgan fingerprint density at radius 3 is 2.58 bits per heavy atom. The molecular formula is C15H21NO3. The summed E-state index contributed by atoms with van der Waals surface area (Å²) in [7, 11) is 1.66. The van der Waals surface area contributed by atoms with Crippen LogP contribution in [0, 0.1) is 5.92 Å². The maximum atomic E-state index is 11.9. The van der Waals surface area contributed by atoms with Crippen molar-refractivity contribution in [1.82, 2.24) is 0 Å². The minimum Gasteiger partial charge on any atom is -0.497 e. The van der Waals surface area contributed by atoms with Crippen molar-refractivity contribution in [2.75, 3.05) is 25.1 Å². The molecule has 1 saturated heterocycles. The van der Waals surface area contributed by atoms with Crippen molar-refractivity contribution >= 4 is 11.7 Å². The highest BCUT2D eigenvalue weighted by Gasteiger charge is 2.30. The lowest BCUT2D eigenvalue weighted by Crippen LogP contribution is -2.25. The Hall–Kier alpha value is -1.71. The summed E-state index contributed by atoms with van der Waals surface area (Å²) in [4.78, 5) is 14.1. The highest BCUT2D eigenvalue weighted by molar-refractivity contribution is 5.74. The maximum absolute atomic E-state index is 11.9. The predicted octanol–water partition coefficient (Wildman–Crippen LogP) is 2.47. The minimum atomic E-state index is -0.0778. The van der Waals surface area contributed by atoms with E-state index in [2.05, 4.69) is 4.90 Å². The normalized spacial score (nSPS) is 18.7. The van der Waals surface area contributed by atoms with Gasteiger partial charge in [0.05, 0.1) is 19.1 Å². The van der Waals surface area contributed by atoms with Crippen LogP contribution in [0.5, 0.6) is 5.75 Å². The number of carbonyl (C=O) groups excluding carboxylic acids is 1. The summed E-state index contributed by atoms with van der Waals surface area (Å²) in [6.07, 6.45) is 0.819. The van der Waals surface area contributed by atoms with Crippen molar-refractivity contribution in [3.8, 4) is 5.75 Å². The molecule has 1 aromatic rings. The predicted molar refractivity (Wildman–Crippen MR) is 74.5 cm³/mol. The van der Waals surface area contributed by atoms with Crippen LogP contribution in [-0.4, -0.2) is 32.3 Å². The molecule has 0 saturated carbocycles. The van der Waals surface area contributed by atoms with Crippen LogP contribution in [-0.2, 0) is 9.53 Å². The topological polar surface area (TPSA) is 38.8 Å². The van der Waals surface area contributed by atoms with Crippen LogP contribution in [0.2, 0.25) is 0 Å². The summed E-state index contributed by atoms with van der Waals surface area (Å²) in [5.74, 6) is 0.759. The van der Waals surface area contributed by atoms with E-state index in [0.29, 0.717) is 0 Å². The Morgan fingerprint density at radius 2 is 2.00 bits per heavy atom. The number of esters is 1. The first kappa shape index (κ1) is 13.7. The van der Waals surface area contributed by atoms with Crippen molar-refractivity contribution in [3.63, 3.8) is 0 Å². The third-order valence-electron chi connectivity index (χ3n) is 3.31. The lowest BCUT2D eigenvalue weighted by Gasteiger charge is -2.19. The van der Waals surface area contributed by atoms with Crippen LogP contribution in [0.1, 0.15) is 20.3 Å². The van der Waals surface area contributed by atoms with Gasteiger partial charge in [0.2, 0.25) is 0 Å². The lowest BCUT2D eigenvalue weighted by atomic mass is 10.1. The van der Waals surface area contributed by atoms with E-state index in [1.165, 1.54) is 0 Å². The van der Waals surface area contributed by atoms with Crippen molar-refractivity contribution < 1.29 is 14.3 Å². The first-order valence-corrected chi connectivity index (χ1v) is 6.69. The van der Waals surface area contributed by atoms with Gasteiger partial charge in [-0.05, 0) is 44.5 Å². The zero-order valence-electron chi connectivity index (χ0n) is 11.8. The average molecular weight is 263 g/mol. The van der Waals surface area contributed by atoms with Gasteiger partial charge in [0.15, 0.2) is 0 Å². The van der Waals surface area contributed by atoms with Crippen molar-refractivity contribution in [1.29, 1.82) is 0 Å². The summed E-state index contributed by atoms with van der Waals surface area (Å²) in [5.41, 5.74) is 1.13. The fourth-order valence-corrected chi connectivity index (χ4v) is 2.31. The van der Waals surface area contributed by atoms with E-state index in [1.807, 2.05) is 38.1 Å². The van der Waals surface area contributed by atoms with Crippen LogP contribution in [0.25, 0.3) is 0 Å². The molecule has 0 spiro atoms. The molecule has 4 heteroatoms. The zero-order valence-corrected chi connectivity index (χ0v) is 11.8. The first-order chi connectivity index (χ1) is 9.10. The Morgan fingerprint density at radius 1 is 1.32 bits per heavy atom. The summed E-state index contributed by atoms with van der Waals surface area (Å²) in [6.45, 7) is 5.39. The molecule has 0 bridgehead atoms. The van der Waals surface area contributed by atoms with Crippen molar-refractivity contribution in [2.45, 2.75) is 26.4 Å². The fourth-order valence-electron chi connectivity index (χ4n) is 2.31. The number of benzene rings is 1. The summed E-state index contributed by atoms with van der Waals surface area (Å²) in [5, 5.41) is 0. The second-order valence-electron chi connectivity index (χ2n) is 5.12. The molecule has 1 heterocycles. The van der Waals surface area contributed by atoms with Crippen LogP contribution < -0.4 is 9.64 Å². The molecule has 0 radical (unpaired) electrons. The third-order valence-corrected chi connectivity index (χ3v) is 3.31. The zero-order chi connectivity index (χ0) is 13.8. The van der Waals surface area contributed by atoms with Gasteiger partial charge in [-0.25, -0.2) is 0 Å². The van der Waals surface area contributed by atoms with Gasteiger partial charge in [-0.3, -0.25) is 4.79 Å². The molecule has 1 fully saturated rings. The van der Waals surface area contributed by atoms with Crippen LogP contribution in [0.15, 0.2) is 24.3 Å². The van der Waals surface area contributed by atoms with E-state index >= 15 is 0 Å². The maximum Gasteiger partial charge on any atom is 0.311 e. The van der Waals surface area contributed by atoms with Crippen LogP contribution in [0.4, 0.5) is 5.69 Å². The molecule has 4 nitrogen and oxygen atoms in total. The van der Waals surface area contributed by atoms with Gasteiger partial charge in [0, 0.05) is 18.8 Å². The van der Waals surface area contributed by atoms with Crippen LogP contribution in [0.3, 0.4) is 0 Å². The van der Waals surface area contributed by atoms with Gasteiger partial charge >= 0.3 is 5.97 Å².